The highest BCUT2D eigenvalue weighted by Gasteiger charge is 2.19. The number of nitrogens with zero attached hydrogens (tertiary/aromatic N) is 3. The number of benzene rings is 2. The minimum absolute atomic E-state index is 0.107. The van der Waals surface area contributed by atoms with Gasteiger partial charge in [0.2, 0.25) is 10.0 Å². The zero-order valence-electron chi connectivity index (χ0n) is 15.8. The third-order valence-electron chi connectivity index (χ3n) is 4.06. The summed E-state index contributed by atoms with van der Waals surface area (Å²) in [6.07, 6.45) is 1.61. The third-order valence-corrected chi connectivity index (χ3v) is 5.49. The van der Waals surface area contributed by atoms with E-state index in [2.05, 4.69) is 9.71 Å². The molecule has 28 heavy (non-hydrogen) atoms. The van der Waals surface area contributed by atoms with Crippen LogP contribution >= 0.6 is 0 Å². The first-order valence-electron chi connectivity index (χ1n) is 8.37. The number of nitrogens with one attached hydrogen (secondary N) is 1. The molecule has 0 fully saturated rings. The molecule has 1 atom stereocenters. The molecule has 9 nitrogen and oxygen atoms in total. The van der Waals surface area contributed by atoms with Crippen LogP contribution < -0.4 is 9.46 Å². The number of nitro groups is 1. The van der Waals surface area contributed by atoms with E-state index < -0.39 is 14.9 Å². The van der Waals surface area contributed by atoms with Gasteiger partial charge in [0.1, 0.15) is 5.75 Å². The van der Waals surface area contributed by atoms with Crippen LogP contribution in [-0.4, -0.2) is 51.3 Å². The predicted molar refractivity (Wildman–Crippen MR) is 107 cm³/mol. The SMILES string of the molecule is COc1ccc(N=CN(C)C(C)CNS(=O)(=O)c2cccc([N+](=O)[O-])c2)cc1. The van der Waals surface area contributed by atoms with E-state index in [0.29, 0.717) is 0 Å². The van der Waals surface area contributed by atoms with Gasteiger partial charge in [-0.25, -0.2) is 18.1 Å². The van der Waals surface area contributed by atoms with Gasteiger partial charge in [-0.05, 0) is 37.3 Å². The lowest BCUT2D eigenvalue weighted by atomic mass is 10.3. The first-order chi connectivity index (χ1) is 13.2. The number of non-ortho nitro benzene ring substituents is 1. The molecule has 0 amide bonds. The van der Waals surface area contributed by atoms with Crippen LogP contribution in [0.3, 0.4) is 0 Å². The van der Waals surface area contributed by atoms with Crippen LogP contribution in [0.25, 0.3) is 0 Å². The van der Waals surface area contributed by atoms with Crippen molar-refractivity contribution in [3.8, 4) is 5.75 Å². The standard InChI is InChI=1S/C18H22N4O5S/c1-14(21(2)13-19-15-7-9-17(27-3)10-8-15)12-20-28(25,26)18-6-4-5-16(11-18)22(23)24/h4-11,13-14,20H,12H2,1-3H3. The van der Waals surface area contributed by atoms with Gasteiger partial charge in [-0.1, -0.05) is 6.07 Å². The monoisotopic (exact) mass is 406 g/mol. The number of methoxy groups -OCH3 is 1. The van der Waals surface area contributed by atoms with Gasteiger partial charge >= 0.3 is 0 Å². The Labute approximate surface area is 163 Å². The average Bonchev–Trinajstić information content (AvgIpc) is 2.70. The van der Waals surface area contributed by atoms with Crippen LogP contribution in [-0.2, 0) is 10.0 Å². The van der Waals surface area contributed by atoms with Gasteiger partial charge in [-0.15, -0.1) is 0 Å². The highest BCUT2D eigenvalue weighted by Crippen LogP contribution is 2.18. The first kappa shape index (κ1) is 21.3. The number of aliphatic imine (C=N–C) groups is 1. The quantitative estimate of drug-likeness (QED) is 0.296. The second-order valence-corrected chi connectivity index (χ2v) is 7.83. The average molecular weight is 406 g/mol. The number of nitro benzene ring substituents is 1. The van der Waals surface area contributed by atoms with E-state index in [1.54, 1.807) is 49.7 Å². The molecule has 0 bridgehead atoms. The maximum absolute atomic E-state index is 12.4. The van der Waals surface area contributed by atoms with Crippen LogP contribution in [0.1, 0.15) is 6.92 Å². The van der Waals surface area contributed by atoms with E-state index in [9.17, 15) is 18.5 Å². The molecule has 0 saturated heterocycles. The molecular formula is C18H22N4O5S. The normalized spacial score (nSPS) is 12.7. The molecule has 2 aromatic rings. The highest BCUT2D eigenvalue weighted by molar-refractivity contribution is 7.89. The molecular weight excluding hydrogens is 384 g/mol. The third kappa shape index (κ3) is 5.76. The van der Waals surface area contributed by atoms with Crippen LogP contribution in [0.15, 0.2) is 58.4 Å². The van der Waals surface area contributed by atoms with Gasteiger partial charge in [-0.3, -0.25) is 10.1 Å². The molecule has 1 unspecified atom stereocenters. The van der Waals surface area contributed by atoms with Gasteiger partial charge in [0.25, 0.3) is 5.69 Å². The number of rotatable bonds is 9. The summed E-state index contributed by atoms with van der Waals surface area (Å²) in [7, 11) is -0.496. The number of sulfonamides is 1. The predicted octanol–water partition coefficient (Wildman–Crippen LogP) is 2.56. The molecule has 2 rings (SSSR count). The van der Waals surface area contributed by atoms with Gasteiger partial charge in [-0.2, -0.15) is 0 Å². The van der Waals surface area contributed by atoms with Crippen molar-refractivity contribution in [3.63, 3.8) is 0 Å². The summed E-state index contributed by atoms with van der Waals surface area (Å²) in [5.74, 6) is 0.733. The summed E-state index contributed by atoms with van der Waals surface area (Å²) >= 11 is 0. The first-order valence-corrected chi connectivity index (χ1v) is 9.85. The molecule has 0 aliphatic heterocycles. The van der Waals surface area contributed by atoms with Crippen molar-refractivity contribution < 1.29 is 18.1 Å². The summed E-state index contributed by atoms with van der Waals surface area (Å²) in [5.41, 5.74) is 0.455. The topological polar surface area (TPSA) is 114 Å². The van der Waals surface area contributed by atoms with Crippen LogP contribution in [0.2, 0.25) is 0 Å². The molecule has 0 aliphatic rings. The summed E-state index contributed by atoms with van der Waals surface area (Å²) in [4.78, 5) is 16.1. The van der Waals surface area contributed by atoms with E-state index in [4.69, 9.17) is 4.74 Å². The van der Waals surface area contributed by atoms with Crippen LogP contribution in [0.5, 0.6) is 5.75 Å². The summed E-state index contributed by atoms with van der Waals surface area (Å²) in [6.45, 7) is 1.94. The Morgan fingerprint density at radius 1 is 1.29 bits per heavy atom. The number of likely N-dealkylation sites (N-methyl/N-ethyl adjacent to an activating group) is 1. The fourth-order valence-corrected chi connectivity index (χ4v) is 3.32. The zero-order valence-corrected chi connectivity index (χ0v) is 16.6. The maximum atomic E-state index is 12.4. The fourth-order valence-electron chi connectivity index (χ4n) is 2.16. The van der Waals surface area contributed by atoms with Crippen molar-refractivity contribution in [2.24, 2.45) is 4.99 Å². The maximum Gasteiger partial charge on any atom is 0.270 e. The Balaban J connectivity index is 1.97. The lowest BCUT2D eigenvalue weighted by Crippen LogP contribution is -2.39. The van der Waals surface area contributed by atoms with Crippen molar-refractivity contribution in [1.29, 1.82) is 0 Å². The van der Waals surface area contributed by atoms with Crippen molar-refractivity contribution in [3.05, 3.63) is 58.6 Å². The zero-order chi connectivity index (χ0) is 20.7. The molecule has 0 saturated carbocycles. The Kier molecular flexibility index (Phi) is 7.07. The summed E-state index contributed by atoms with van der Waals surface area (Å²) in [5, 5.41) is 10.8. The van der Waals surface area contributed by atoms with Crippen molar-refractivity contribution in [2.75, 3.05) is 20.7 Å². The van der Waals surface area contributed by atoms with Gasteiger partial charge in [0, 0.05) is 31.8 Å². The number of hydrogen-bond donors (Lipinski definition) is 1. The fraction of sp³-hybridized carbons (Fsp3) is 0.278. The van der Waals surface area contributed by atoms with Gasteiger partial charge < -0.3 is 9.64 Å². The molecule has 0 aliphatic carbocycles. The summed E-state index contributed by atoms with van der Waals surface area (Å²) in [6, 6.07) is 11.9. The van der Waals surface area contributed by atoms with Crippen LogP contribution in [0, 0.1) is 10.1 Å². The molecule has 0 aromatic heterocycles. The molecule has 0 spiro atoms. The summed E-state index contributed by atoms with van der Waals surface area (Å²) < 4.78 is 32.3. The molecule has 1 N–H and O–H groups in total. The van der Waals surface area contributed by atoms with Crippen molar-refractivity contribution in [1.82, 2.24) is 9.62 Å². The largest absolute Gasteiger partial charge is 0.497 e. The Hall–Kier alpha value is -2.98. The van der Waals surface area contributed by atoms with Gasteiger partial charge in [0.05, 0.1) is 29.0 Å². The molecule has 2 aromatic carbocycles. The van der Waals surface area contributed by atoms with E-state index in [1.165, 1.54) is 18.2 Å². The second kappa shape index (κ2) is 9.29. The van der Waals surface area contributed by atoms with E-state index in [0.717, 1.165) is 17.5 Å². The van der Waals surface area contributed by atoms with Crippen molar-refractivity contribution in [2.45, 2.75) is 17.9 Å². The van der Waals surface area contributed by atoms with E-state index in [-0.39, 0.29) is 23.2 Å². The Morgan fingerprint density at radius 3 is 2.57 bits per heavy atom. The Morgan fingerprint density at radius 2 is 1.96 bits per heavy atom. The second-order valence-electron chi connectivity index (χ2n) is 6.06. The highest BCUT2D eigenvalue weighted by atomic mass is 32.2. The van der Waals surface area contributed by atoms with Crippen LogP contribution in [0.4, 0.5) is 11.4 Å². The number of hydrogen-bond acceptors (Lipinski definition) is 6. The molecule has 150 valence electrons. The lowest BCUT2D eigenvalue weighted by molar-refractivity contribution is -0.385. The minimum atomic E-state index is -3.86. The lowest BCUT2D eigenvalue weighted by Gasteiger charge is -2.22. The van der Waals surface area contributed by atoms with E-state index in [1.807, 2.05) is 6.92 Å². The minimum Gasteiger partial charge on any atom is -0.497 e. The number of ether oxygens (including phenoxy) is 1. The Bertz CT molecular complexity index is 945. The molecule has 10 heteroatoms. The van der Waals surface area contributed by atoms with Crippen molar-refractivity contribution >= 4 is 27.7 Å². The smallest absolute Gasteiger partial charge is 0.270 e. The molecule has 0 radical (unpaired) electrons. The van der Waals surface area contributed by atoms with Gasteiger partial charge in [0.15, 0.2) is 0 Å². The molecule has 0 heterocycles. The van der Waals surface area contributed by atoms with E-state index >= 15 is 0 Å².